The van der Waals surface area contributed by atoms with Gasteiger partial charge in [0.05, 0.1) is 12.6 Å². The van der Waals surface area contributed by atoms with Gasteiger partial charge in [0.15, 0.2) is 0 Å². The number of hydrogen-bond acceptors (Lipinski definition) is 3. The zero-order valence-corrected chi connectivity index (χ0v) is 7.45. The molecule has 14 heavy (non-hydrogen) atoms. The largest absolute Gasteiger partial charge is 0.369 e. The van der Waals surface area contributed by atoms with Crippen LogP contribution in [0.3, 0.4) is 0 Å². The fourth-order valence-corrected chi connectivity index (χ4v) is 1.40. The third kappa shape index (κ3) is 1.82. The second kappa shape index (κ2) is 3.63. The standard InChI is InChI=1S/C9H10N2O3/c12-8-3-6(1-2-10-8)7-4-14-5-9(13)11-7/h1-3,7H,4-5H2,(H,10,12)(H,11,13). The smallest absolute Gasteiger partial charge is 0.248 e. The van der Waals surface area contributed by atoms with Crippen LogP contribution >= 0.6 is 0 Å². The number of pyridine rings is 1. The number of aromatic amines is 1. The lowest BCUT2D eigenvalue weighted by Crippen LogP contribution is -2.40. The number of amides is 1. The monoisotopic (exact) mass is 194 g/mol. The summed E-state index contributed by atoms with van der Waals surface area (Å²) in [5, 5.41) is 2.74. The first kappa shape index (κ1) is 8.96. The van der Waals surface area contributed by atoms with Gasteiger partial charge in [0.1, 0.15) is 6.61 Å². The summed E-state index contributed by atoms with van der Waals surface area (Å²) >= 11 is 0. The van der Waals surface area contributed by atoms with Crippen LogP contribution in [0.4, 0.5) is 0 Å². The highest BCUT2D eigenvalue weighted by atomic mass is 16.5. The van der Waals surface area contributed by atoms with E-state index in [0.717, 1.165) is 5.56 Å². The molecular formula is C9H10N2O3. The van der Waals surface area contributed by atoms with Crippen LogP contribution in [0.15, 0.2) is 23.1 Å². The summed E-state index contributed by atoms with van der Waals surface area (Å²) in [5.74, 6) is -0.151. The SMILES string of the molecule is O=C1COCC(c2cc[nH]c(=O)c2)N1. The Morgan fingerprint density at radius 1 is 1.43 bits per heavy atom. The maximum atomic E-state index is 11.0. The molecule has 1 fully saturated rings. The van der Waals surface area contributed by atoms with Gasteiger partial charge in [-0.05, 0) is 11.6 Å². The third-order valence-electron chi connectivity index (χ3n) is 2.05. The molecule has 1 aromatic heterocycles. The molecule has 1 aromatic rings. The lowest BCUT2D eigenvalue weighted by atomic mass is 10.1. The van der Waals surface area contributed by atoms with E-state index in [2.05, 4.69) is 10.3 Å². The molecule has 2 rings (SSSR count). The number of nitrogens with one attached hydrogen (secondary N) is 2. The number of carbonyl (C=O) groups is 1. The Balaban J connectivity index is 2.22. The van der Waals surface area contributed by atoms with Gasteiger partial charge in [0, 0.05) is 12.3 Å². The summed E-state index contributed by atoms with van der Waals surface area (Å²) in [7, 11) is 0. The first-order valence-corrected chi connectivity index (χ1v) is 4.31. The van der Waals surface area contributed by atoms with Crippen LogP contribution in [0.25, 0.3) is 0 Å². The predicted octanol–water partition coefficient (Wildman–Crippen LogP) is -0.438. The first-order chi connectivity index (χ1) is 6.75. The zero-order chi connectivity index (χ0) is 9.97. The van der Waals surface area contributed by atoms with Gasteiger partial charge < -0.3 is 15.0 Å². The van der Waals surface area contributed by atoms with Gasteiger partial charge in [-0.2, -0.15) is 0 Å². The number of carbonyl (C=O) groups excluding carboxylic acids is 1. The molecule has 1 unspecified atom stereocenters. The van der Waals surface area contributed by atoms with Crippen molar-refractivity contribution in [1.82, 2.24) is 10.3 Å². The number of aromatic nitrogens is 1. The van der Waals surface area contributed by atoms with E-state index in [0.29, 0.717) is 6.61 Å². The Kier molecular flexibility index (Phi) is 2.32. The van der Waals surface area contributed by atoms with Crippen molar-refractivity contribution < 1.29 is 9.53 Å². The second-order valence-corrected chi connectivity index (χ2v) is 3.12. The quantitative estimate of drug-likeness (QED) is 0.636. The molecule has 1 aliphatic heterocycles. The van der Waals surface area contributed by atoms with E-state index in [9.17, 15) is 9.59 Å². The lowest BCUT2D eigenvalue weighted by molar-refractivity contribution is -0.131. The molecule has 1 atom stereocenters. The van der Waals surface area contributed by atoms with Crippen LogP contribution in [-0.2, 0) is 9.53 Å². The highest BCUT2D eigenvalue weighted by Gasteiger charge is 2.20. The van der Waals surface area contributed by atoms with Crippen LogP contribution in [0, 0.1) is 0 Å². The predicted molar refractivity (Wildman–Crippen MR) is 48.8 cm³/mol. The van der Waals surface area contributed by atoms with Gasteiger partial charge in [-0.15, -0.1) is 0 Å². The average molecular weight is 194 g/mol. The number of morpholine rings is 1. The van der Waals surface area contributed by atoms with Crippen molar-refractivity contribution in [2.75, 3.05) is 13.2 Å². The summed E-state index contributed by atoms with van der Waals surface area (Å²) in [6.45, 7) is 0.509. The van der Waals surface area contributed by atoms with Crippen molar-refractivity contribution in [3.8, 4) is 0 Å². The van der Waals surface area contributed by atoms with Crippen LogP contribution in [-0.4, -0.2) is 24.1 Å². The minimum Gasteiger partial charge on any atom is -0.369 e. The summed E-state index contributed by atoms with van der Waals surface area (Å²) in [6, 6.07) is 3.00. The molecule has 1 saturated heterocycles. The maximum absolute atomic E-state index is 11.0. The highest BCUT2D eigenvalue weighted by molar-refractivity contribution is 5.78. The molecule has 74 valence electrons. The minimum atomic E-state index is -0.210. The molecule has 1 amide bonds. The van der Waals surface area contributed by atoms with Crippen molar-refractivity contribution >= 4 is 5.91 Å². The fourth-order valence-electron chi connectivity index (χ4n) is 1.40. The van der Waals surface area contributed by atoms with Gasteiger partial charge >= 0.3 is 0 Å². The van der Waals surface area contributed by atoms with E-state index >= 15 is 0 Å². The number of hydrogen-bond donors (Lipinski definition) is 2. The Morgan fingerprint density at radius 2 is 2.29 bits per heavy atom. The number of ether oxygens (including phenoxy) is 1. The normalized spacial score (nSPS) is 21.7. The van der Waals surface area contributed by atoms with Crippen LogP contribution < -0.4 is 10.9 Å². The van der Waals surface area contributed by atoms with Crippen molar-refractivity contribution in [2.45, 2.75) is 6.04 Å². The lowest BCUT2D eigenvalue weighted by Gasteiger charge is -2.23. The Hall–Kier alpha value is -1.62. The van der Waals surface area contributed by atoms with E-state index in [-0.39, 0.29) is 24.1 Å². The Labute approximate surface area is 80.1 Å². The topological polar surface area (TPSA) is 71.2 Å². The summed E-state index contributed by atoms with van der Waals surface area (Å²) in [4.78, 5) is 24.5. The van der Waals surface area contributed by atoms with Crippen molar-refractivity contribution in [1.29, 1.82) is 0 Å². The van der Waals surface area contributed by atoms with Crippen LogP contribution in [0.2, 0.25) is 0 Å². The maximum Gasteiger partial charge on any atom is 0.248 e. The molecule has 5 heteroatoms. The molecular weight excluding hydrogens is 184 g/mol. The van der Waals surface area contributed by atoms with E-state index in [4.69, 9.17) is 4.74 Å². The summed E-state index contributed by atoms with van der Waals surface area (Å²) in [6.07, 6.45) is 1.55. The molecule has 0 saturated carbocycles. The fraction of sp³-hybridized carbons (Fsp3) is 0.333. The van der Waals surface area contributed by atoms with Crippen LogP contribution in [0.5, 0.6) is 0 Å². The van der Waals surface area contributed by atoms with Crippen molar-refractivity contribution in [2.24, 2.45) is 0 Å². The minimum absolute atomic E-state index is 0.0969. The van der Waals surface area contributed by atoms with Crippen LogP contribution in [0.1, 0.15) is 11.6 Å². The molecule has 0 aliphatic carbocycles. The molecule has 1 aliphatic rings. The van der Waals surface area contributed by atoms with Crippen molar-refractivity contribution in [3.05, 3.63) is 34.2 Å². The van der Waals surface area contributed by atoms with Gasteiger partial charge in [0.25, 0.3) is 0 Å². The van der Waals surface area contributed by atoms with Gasteiger partial charge in [-0.3, -0.25) is 9.59 Å². The zero-order valence-electron chi connectivity index (χ0n) is 7.45. The summed E-state index contributed by atoms with van der Waals surface area (Å²) in [5.41, 5.74) is 0.587. The average Bonchev–Trinajstić information content (AvgIpc) is 2.18. The molecule has 0 aromatic carbocycles. The molecule has 5 nitrogen and oxygen atoms in total. The molecule has 0 spiro atoms. The first-order valence-electron chi connectivity index (χ1n) is 4.31. The van der Waals surface area contributed by atoms with Gasteiger partial charge in [-0.25, -0.2) is 0 Å². The molecule has 0 radical (unpaired) electrons. The Bertz CT molecular complexity index is 399. The second-order valence-electron chi connectivity index (χ2n) is 3.12. The van der Waals surface area contributed by atoms with Gasteiger partial charge in [0.2, 0.25) is 11.5 Å². The van der Waals surface area contributed by atoms with Crippen molar-refractivity contribution in [3.63, 3.8) is 0 Å². The summed E-state index contributed by atoms with van der Waals surface area (Å²) < 4.78 is 5.06. The number of rotatable bonds is 1. The van der Waals surface area contributed by atoms with E-state index in [1.807, 2.05) is 0 Å². The highest BCUT2D eigenvalue weighted by Crippen LogP contribution is 2.13. The molecule has 2 N–H and O–H groups in total. The molecule has 2 heterocycles. The van der Waals surface area contributed by atoms with E-state index in [1.54, 1.807) is 12.3 Å². The Morgan fingerprint density at radius 3 is 3.00 bits per heavy atom. The van der Waals surface area contributed by atoms with E-state index in [1.165, 1.54) is 6.07 Å². The van der Waals surface area contributed by atoms with E-state index < -0.39 is 0 Å². The third-order valence-corrected chi connectivity index (χ3v) is 2.05. The molecule has 0 bridgehead atoms. The van der Waals surface area contributed by atoms with Gasteiger partial charge in [-0.1, -0.05) is 0 Å². The number of H-pyrrole nitrogens is 1.